The zero-order chi connectivity index (χ0) is 15.6. The van der Waals surface area contributed by atoms with Gasteiger partial charge in [0.1, 0.15) is 11.9 Å². The highest BCUT2D eigenvalue weighted by Crippen LogP contribution is 2.32. The maximum atomic E-state index is 13.8. The zero-order valence-electron chi connectivity index (χ0n) is 11.1. The van der Waals surface area contributed by atoms with E-state index in [2.05, 4.69) is 11.2 Å². The van der Waals surface area contributed by atoms with E-state index in [1.54, 1.807) is 19.1 Å². The number of rotatable bonds is 4. The van der Waals surface area contributed by atoms with Gasteiger partial charge in [-0.15, -0.1) is 23.7 Å². The number of carboxylic acids is 1. The van der Waals surface area contributed by atoms with Crippen LogP contribution in [0.5, 0.6) is 0 Å². The Kier molecular flexibility index (Phi) is 4.24. The normalized spacial score (nSPS) is 11.9. The van der Waals surface area contributed by atoms with Crippen molar-refractivity contribution in [3.63, 3.8) is 0 Å². The number of hydrogen-bond donors (Lipinski definition) is 2. The van der Waals surface area contributed by atoms with E-state index in [1.807, 2.05) is 0 Å². The summed E-state index contributed by atoms with van der Waals surface area (Å²) in [6.45, 7) is 1.63. The lowest BCUT2D eigenvalue weighted by Gasteiger charge is -2.11. The van der Waals surface area contributed by atoms with Crippen molar-refractivity contribution in [2.24, 2.45) is 0 Å². The second-order valence-corrected chi connectivity index (χ2v) is 5.49. The lowest BCUT2D eigenvalue weighted by atomic mass is 10.1. The van der Waals surface area contributed by atoms with Crippen LogP contribution in [0.15, 0.2) is 18.2 Å². The molecule has 21 heavy (non-hydrogen) atoms. The van der Waals surface area contributed by atoms with E-state index in [0.29, 0.717) is 20.5 Å². The van der Waals surface area contributed by atoms with Crippen LogP contribution in [0.1, 0.15) is 21.7 Å². The summed E-state index contributed by atoms with van der Waals surface area (Å²) in [4.78, 5) is 23.5. The highest BCUT2D eigenvalue weighted by atomic mass is 32.1. The molecule has 1 heterocycles. The Morgan fingerprint density at radius 1 is 1.52 bits per heavy atom. The SMILES string of the molecule is C#CCC(NC(=O)c1sc2cccc(F)c2c1C)C(=O)O. The summed E-state index contributed by atoms with van der Waals surface area (Å²) in [5, 5.41) is 11.7. The molecule has 0 spiro atoms. The maximum absolute atomic E-state index is 13.8. The molecule has 4 nitrogen and oxygen atoms in total. The highest BCUT2D eigenvalue weighted by Gasteiger charge is 2.23. The molecule has 1 aromatic carbocycles. The number of fused-ring (bicyclic) bond motifs is 1. The van der Waals surface area contributed by atoms with E-state index in [4.69, 9.17) is 11.5 Å². The van der Waals surface area contributed by atoms with Crippen LogP contribution < -0.4 is 5.32 Å². The molecule has 2 rings (SSSR count). The number of aryl methyl sites for hydroxylation is 1. The first-order chi connectivity index (χ1) is 9.95. The minimum Gasteiger partial charge on any atom is -0.480 e. The van der Waals surface area contributed by atoms with Crippen LogP contribution in [0, 0.1) is 25.1 Å². The van der Waals surface area contributed by atoms with Crippen LogP contribution in [0.4, 0.5) is 4.39 Å². The Labute approximate surface area is 124 Å². The smallest absolute Gasteiger partial charge is 0.327 e. The van der Waals surface area contributed by atoms with Crippen molar-refractivity contribution >= 4 is 33.3 Å². The molecular weight excluding hydrogens is 293 g/mol. The summed E-state index contributed by atoms with van der Waals surface area (Å²) < 4.78 is 14.4. The lowest BCUT2D eigenvalue weighted by molar-refractivity contribution is -0.139. The van der Waals surface area contributed by atoms with Crippen molar-refractivity contribution in [1.29, 1.82) is 0 Å². The molecule has 1 aromatic heterocycles. The minimum atomic E-state index is -1.20. The second-order valence-electron chi connectivity index (χ2n) is 4.44. The van der Waals surface area contributed by atoms with Crippen molar-refractivity contribution in [2.75, 3.05) is 0 Å². The first kappa shape index (κ1) is 15.0. The van der Waals surface area contributed by atoms with E-state index < -0.39 is 23.7 Å². The van der Waals surface area contributed by atoms with Crippen molar-refractivity contribution < 1.29 is 19.1 Å². The zero-order valence-corrected chi connectivity index (χ0v) is 12.0. The predicted octanol–water partition coefficient (Wildman–Crippen LogP) is 2.56. The number of amides is 1. The van der Waals surface area contributed by atoms with Crippen LogP contribution in [0.2, 0.25) is 0 Å². The summed E-state index contributed by atoms with van der Waals surface area (Å²) in [5.41, 5.74) is 0.496. The van der Waals surface area contributed by atoms with Crippen molar-refractivity contribution in [3.8, 4) is 12.3 Å². The Bertz CT molecular complexity index is 760. The summed E-state index contributed by atoms with van der Waals surface area (Å²) >= 11 is 1.12. The number of carbonyl (C=O) groups excluding carboxylic acids is 1. The summed E-state index contributed by atoms with van der Waals surface area (Å²) in [6.07, 6.45) is 4.97. The monoisotopic (exact) mass is 305 g/mol. The number of thiophene rings is 1. The molecule has 0 saturated heterocycles. The van der Waals surface area contributed by atoms with Gasteiger partial charge in [-0.2, -0.15) is 0 Å². The van der Waals surface area contributed by atoms with Crippen molar-refractivity contribution in [1.82, 2.24) is 5.32 Å². The third-order valence-electron chi connectivity index (χ3n) is 3.03. The van der Waals surface area contributed by atoms with Crippen LogP contribution in [-0.2, 0) is 4.79 Å². The number of carboxylic acid groups (broad SMARTS) is 1. The van der Waals surface area contributed by atoms with E-state index in [1.165, 1.54) is 6.07 Å². The minimum absolute atomic E-state index is 0.112. The van der Waals surface area contributed by atoms with Crippen LogP contribution in [0.25, 0.3) is 10.1 Å². The van der Waals surface area contributed by atoms with Gasteiger partial charge in [0.2, 0.25) is 0 Å². The number of carbonyl (C=O) groups is 2. The number of benzene rings is 1. The third-order valence-corrected chi connectivity index (χ3v) is 4.29. The first-order valence-corrected chi connectivity index (χ1v) is 6.92. The quantitative estimate of drug-likeness (QED) is 0.853. The van der Waals surface area contributed by atoms with Gasteiger partial charge >= 0.3 is 5.97 Å². The molecule has 0 bridgehead atoms. The largest absolute Gasteiger partial charge is 0.480 e. The fourth-order valence-corrected chi connectivity index (χ4v) is 3.14. The Balaban J connectivity index is 2.36. The Morgan fingerprint density at radius 3 is 2.81 bits per heavy atom. The van der Waals surface area contributed by atoms with Crippen LogP contribution in [-0.4, -0.2) is 23.0 Å². The van der Waals surface area contributed by atoms with E-state index in [-0.39, 0.29) is 6.42 Å². The van der Waals surface area contributed by atoms with Gasteiger partial charge in [-0.3, -0.25) is 4.79 Å². The van der Waals surface area contributed by atoms with Crippen molar-refractivity contribution in [3.05, 3.63) is 34.5 Å². The second kappa shape index (κ2) is 5.94. The van der Waals surface area contributed by atoms with Gasteiger partial charge in [-0.05, 0) is 24.6 Å². The van der Waals surface area contributed by atoms with E-state index in [0.717, 1.165) is 11.3 Å². The van der Waals surface area contributed by atoms with E-state index >= 15 is 0 Å². The van der Waals surface area contributed by atoms with Gasteiger partial charge < -0.3 is 10.4 Å². The lowest BCUT2D eigenvalue weighted by Crippen LogP contribution is -2.40. The number of halogens is 1. The average Bonchev–Trinajstić information content (AvgIpc) is 2.77. The highest BCUT2D eigenvalue weighted by molar-refractivity contribution is 7.21. The Morgan fingerprint density at radius 2 is 2.24 bits per heavy atom. The molecule has 0 aliphatic heterocycles. The Hall–Kier alpha value is -2.39. The fourth-order valence-electron chi connectivity index (χ4n) is 2.01. The topological polar surface area (TPSA) is 66.4 Å². The number of aliphatic carboxylic acids is 1. The van der Waals surface area contributed by atoms with Gasteiger partial charge in [0.05, 0.1) is 4.88 Å². The van der Waals surface area contributed by atoms with Crippen LogP contribution >= 0.6 is 11.3 Å². The molecule has 2 N–H and O–H groups in total. The molecule has 0 radical (unpaired) electrons. The molecule has 1 unspecified atom stereocenters. The molecule has 1 amide bonds. The van der Waals surface area contributed by atoms with E-state index in [9.17, 15) is 14.0 Å². The molecule has 0 aliphatic rings. The summed E-state index contributed by atoms with van der Waals surface area (Å²) in [7, 11) is 0. The predicted molar refractivity (Wildman–Crippen MR) is 78.9 cm³/mol. The van der Waals surface area contributed by atoms with Crippen LogP contribution in [0.3, 0.4) is 0 Å². The standard InChI is InChI=1S/C15H12FNO3S/c1-3-5-10(15(19)20)17-14(18)13-8(2)12-9(16)6-4-7-11(12)21-13/h1,4,6-7,10H,5H2,2H3,(H,17,18)(H,19,20). The van der Waals surface area contributed by atoms with Gasteiger partial charge in [0.15, 0.2) is 0 Å². The van der Waals surface area contributed by atoms with Gasteiger partial charge in [-0.1, -0.05) is 6.07 Å². The summed E-state index contributed by atoms with van der Waals surface area (Å²) in [5.74, 6) is 0.0381. The first-order valence-electron chi connectivity index (χ1n) is 6.10. The van der Waals surface area contributed by atoms with Gasteiger partial charge in [0, 0.05) is 16.5 Å². The molecule has 2 aromatic rings. The molecule has 0 fully saturated rings. The molecule has 0 saturated carbocycles. The molecule has 1 atom stereocenters. The summed E-state index contributed by atoms with van der Waals surface area (Å²) in [6, 6.07) is 3.44. The third kappa shape index (κ3) is 2.88. The fraction of sp³-hybridized carbons (Fsp3) is 0.200. The maximum Gasteiger partial charge on any atom is 0.327 e. The number of hydrogen-bond acceptors (Lipinski definition) is 3. The number of terminal acetylenes is 1. The molecular formula is C15H12FNO3S. The van der Waals surface area contributed by atoms with Gasteiger partial charge in [-0.25, -0.2) is 9.18 Å². The van der Waals surface area contributed by atoms with Crippen molar-refractivity contribution in [2.45, 2.75) is 19.4 Å². The molecule has 6 heteroatoms. The average molecular weight is 305 g/mol. The van der Waals surface area contributed by atoms with Gasteiger partial charge in [0.25, 0.3) is 5.91 Å². The molecule has 0 aliphatic carbocycles. The number of nitrogens with one attached hydrogen (secondary N) is 1. The molecule has 108 valence electrons.